The van der Waals surface area contributed by atoms with Crippen molar-refractivity contribution in [3.05, 3.63) is 35.4 Å². The molecule has 4 bridgehead atoms. The van der Waals surface area contributed by atoms with Gasteiger partial charge in [0.15, 0.2) is 0 Å². The average molecular weight is 344 g/mol. The van der Waals surface area contributed by atoms with Crippen molar-refractivity contribution < 1.29 is 4.79 Å². The van der Waals surface area contributed by atoms with E-state index in [1.54, 1.807) is 0 Å². The standard InChI is InChI=1S/C21H26ClNO/c22-21-11-14-8-15(12-21)10-20(9-14,13-21)19(24)23-18-7-3-5-16-4-1-2-6-17(16)18/h1-2,4,6,14-15,18H,3,5,7-13H2,(H,23,24)/t14-,15-,18-,20?,21?/m1/s1. The van der Waals surface area contributed by atoms with Crippen LogP contribution in [-0.2, 0) is 11.2 Å². The molecule has 5 aliphatic rings. The first kappa shape index (κ1) is 15.3. The molecule has 24 heavy (non-hydrogen) atoms. The summed E-state index contributed by atoms with van der Waals surface area (Å²) in [4.78, 5) is 13.3. The highest BCUT2D eigenvalue weighted by molar-refractivity contribution is 6.24. The number of benzene rings is 1. The molecule has 2 nitrogen and oxygen atoms in total. The number of amides is 1. The second kappa shape index (κ2) is 5.24. The average Bonchev–Trinajstić information content (AvgIpc) is 2.53. The van der Waals surface area contributed by atoms with Crippen molar-refractivity contribution in [3.8, 4) is 0 Å². The summed E-state index contributed by atoms with van der Waals surface area (Å²) in [6.45, 7) is 0. The van der Waals surface area contributed by atoms with Gasteiger partial charge in [0.25, 0.3) is 0 Å². The van der Waals surface area contributed by atoms with E-state index in [0.717, 1.165) is 44.9 Å². The molecule has 128 valence electrons. The van der Waals surface area contributed by atoms with Crippen LogP contribution in [0.2, 0.25) is 0 Å². The Bertz CT molecular complexity index is 670. The zero-order valence-electron chi connectivity index (χ0n) is 14.2. The number of hydrogen-bond acceptors (Lipinski definition) is 1. The van der Waals surface area contributed by atoms with Gasteiger partial charge in [-0.1, -0.05) is 24.3 Å². The van der Waals surface area contributed by atoms with Gasteiger partial charge in [0, 0.05) is 4.87 Å². The smallest absolute Gasteiger partial charge is 0.226 e. The van der Waals surface area contributed by atoms with Gasteiger partial charge in [0.1, 0.15) is 0 Å². The molecule has 3 heteroatoms. The second-order valence-corrected chi connectivity index (χ2v) is 9.81. The van der Waals surface area contributed by atoms with E-state index in [2.05, 4.69) is 29.6 Å². The highest BCUT2D eigenvalue weighted by atomic mass is 35.5. The van der Waals surface area contributed by atoms with Crippen LogP contribution < -0.4 is 5.32 Å². The lowest BCUT2D eigenvalue weighted by Crippen LogP contribution is -2.58. The Balaban J connectivity index is 1.40. The summed E-state index contributed by atoms with van der Waals surface area (Å²) >= 11 is 6.91. The molecule has 3 atom stereocenters. The largest absolute Gasteiger partial charge is 0.349 e. The Kier molecular flexibility index (Phi) is 3.33. The van der Waals surface area contributed by atoms with Crippen LogP contribution in [0.5, 0.6) is 0 Å². The molecule has 6 rings (SSSR count). The number of carbonyl (C=O) groups is 1. The fourth-order valence-electron chi connectivity index (χ4n) is 6.63. The second-order valence-electron chi connectivity index (χ2n) is 9.01. The van der Waals surface area contributed by atoms with Crippen LogP contribution in [0.15, 0.2) is 24.3 Å². The van der Waals surface area contributed by atoms with Gasteiger partial charge in [0.05, 0.1) is 11.5 Å². The Hall–Kier alpha value is -1.02. The lowest BCUT2D eigenvalue weighted by Gasteiger charge is -2.59. The number of fused-ring (bicyclic) bond motifs is 1. The predicted octanol–water partition coefficient (Wildman–Crippen LogP) is 4.76. The summed E-state index contributed by atoms with van der Waals surface area (Å²) in [5, 5.41) is 3.45. The summed E-state index contributed by atoms with van der Waals surface area (Å²) < 4.78 is 0. The number of nitrogens with one attached hydrogen (secondary N) is 1. The maximum atomic E-state index is 13.3. The highest BCUT2D eigenvalue weighted by Crippen LogP contribution is 2.64. The van der Waals surface area contributed by atoms with Gasteiger partial charge in [0.2, 0.25) is 5.91 Å². The summed E-state index contributed by atoms with van der Waals surface area (Å²) in [6, 6.07) is 8.82. The van der Waals surface area contributed by atoms with Crippen LogP contribution in [0.25, 0.3) is 0 Å². The summed E-state index contributed by atoms with van der Waals surface area (Å²) in [5.41, 5.74) is 2.56. The molecule has 0 spiro atoms. The maximum absolute atomic E-state index is 13.3. The molecule has 0 saturated heterocycles. The van der Waals surface area contributed by atoms with Crippen molar-refractivity contribution in [2.75, 3.05) is 0 Å². The SMILES string of the molecule is O=C(N[C@@H]1CCCc2ccccc21)C12C[C@H]3C[C@@H](CC(Cl)(C3)C1)C2. The van der Waals surface area contributed by atoms with Crippen LogP contribution >= 0.6 is 11.6 Å². The van der Waals surface area contributed by atoms with Crippen molar-refractivity contribution >= 4 is 17.5 Å². The van der Waals surface area contributed by atoms with Gasteiger partial charge in [-0.05, 0) is 80.8 Å². The zero-order valence-corrected chi connectivity index (χ0v) is 14.9. The van der Waals surface area contributed by atoms with Gasteiger partial charge < -0.3 is 5.32 Å². The summed E-state index contributed by atoms with van der Waals surface area (Å²) in [5.74, 6) is 1.64. The minimum Gasteiger partial charge on any atom is -0.349 e. The van der Waals surface area contributed by atoms with Crippen LogP contribution in [-0.4, -0.2) is 10.8 Å². The third-order valence-electron chi connectivity index (χ3n) is 7.15. The minimum absolute atomic E-state index is 0.0914. The number of aryl methyl sites for hydroxylation is 1. The third kappa shape index (κ3) is 2.33. The molecule has 1 N–H and O–H groups in total. The predicted molar refractivity (Wildman–Crippen MR) is 96.0 cm³/mol. The van der Waals surface area contributed by atoms with E-state index >= 15 is 0 Å². The van der Waals surface area contributed by atoms with Gasteiger partial charge in [-0.3, -0.25) is 4.79 Å². The summed E-state index contributed by atoms with van der Waals surface area (Å²) in [7, 11) is 0. The molecule has 0 heterocycles. The lowest BCUT2D eigenvalue weighted by molar-refractivity contribution is -0.145. The first-order valence-corrected chi connectivity index (χ1v) is 10.0. The zero-order chi connectivity index (χ0) is 16.4. The fourth-order valence-corrected chi connectivity index (χ4v) is 7.32. The lowest BCUT2D eigenvalue weighted by atomic mass is 9.49. The van der Waals surface area contributed by atoms with Crippen molar-refractivity contribution in [1.82, 2.24) is 5.32 Å². The van der Waals surface area contributed by atoms with E-state index in [9.17, 15) is 4.79 Å². The first-order valence-electron chi connectivity index (χ1n) is 9.63. The van der Waals surface area contributed by atoms with Crippen LogP contribution in [0.1, 0.15) is 68.5 Å². The van der Waals surface area contributed by atoms with Crippen LogP contribution in [0, 0.1) is 17.3 Å². The first-order chi connectivity index (χ1) is 11.6. The molecule has 4 saturated carbocycles. The van der Waals surface area contributed by atoms with E-state index in [1.165, 1.54) is 24.0 Å². The molecule has 0 radical (unpaired) electrons. The van der Waals surface area contributed by atoms with Crippen molar-refractivity contribution in [2.45, 2.75) is 68.7 Å². The monoisotopic (exact) mass is 343 g/mol. The molecule has 5 aliphatic carbocycles. The van der Waals surface area contributed by atoms with E-state index in [1.807, 2.05) is 0 Å². The fraction of sp³-hybridized carbons (Fsp3) is 0.667. The Morgan fingerprint density at radius 1 is 1.12 bits per heavy atom. The molecular formula is C21H26ClNO. The van der Waals surface area contributed by atoms with Crippen LogP contribution in [0.4, 0.5) is 0 Å². The number of carbonyl (C=O) groups excluding carboxylic acids is 1. The Morgan fingerprint density at radius 3 is 2.62 bits per heavy atom. The number of rotatable bonds is 2. The van der Waals surface area contributed by atoms with E-state index < -0.39 is 0 Å². The maximum Gasteiger partial charge on any atom is 0.226 e. The molecule has 0 unspecified atom stereocenters. The normalized spacial score (nSPS) is 42.6. The molecule has 0 aliphatic heterocycles. The van der Waals surface area contributed by atoms with Gasteiger partial charge in [-0.2, -0.15) is 0 Å². The number of hydrogen-bond donors (Lipinski definition) is 1. The van der Waals surface area contributed by atoms with E-state index in [4.69, 9.17) is 11.6 Å². The Morgan fingerprint density at radius 2 is 1.88 bits per heavy atom. The van der Waals surface area contributed by atoms with Gasteiger partial charge >= 0.3 is 0 Å². The van der Waals surface area contributed by atoms with Crippen molar-refractivity contribution in [3.63, 3.8) is 0 Å². The van der Waals surface area contributed by atoms with Crippen molar-refractivity contribution in [1.29, 1.82) is 0 Å². The third-order valence-corrected chi connectivity index (χ3v) is 7.59. The minimum atomic E-state index is -0.182. The quantitative estimate of drug-likeness (QED) is 0.771. The molecule has 1 amide bonds. The highest BCUT2D eigenvalue weighted by Gasteiger charge is 2.60. The van der Waals surface area contributed by atoms with Gasteiger partial charge in [-0.25, -0.2) is 0 Å². The molecule has 1 aromatic carbocycles. The Labute approximate surface area is 149 Å². The molecule has 1 aromatic rings. The van der Waals surface area contributed by atoms with Crippen molar-refractivity contribution in [2.24, 2.45) is 17.3 Å². The topological polar surface area (TPSA) is 29.1 Å². The number of alkyl halides is 1. The van der Waals surface area contributed by atoms with Gasteiger partial charge in [-0.15, -0.1) is 11.6 Å². The van der Waals surface area contributed by atoms with Crippen LogP contribution in [0.3, 0.4) is 0 Å². The van der Waals surface area contributed by atoms with E-state index in [-0.39, 0.29) is 16.3 Å². The number of halogens is 1. The van der Waals surface area contributed by atoms with E-state index in [0.29, 0.717) is 17.7 Å². The molecule has 4 fully saturated rings. The molecular weight excluding hydrogens is 318 g/mol. The molecule has 0 aromatic heterocycles. The summed E-state index contributed by atoms with van der Waals surface area (Å²) in [6.07, 6.45) is 9.97.